The quantitative estimate of drug-likeness (QED) is 0.836. The van der Waals surface area contributed by atoms with Crippen molar-refractivity contribution < 1.29 is 23.1 Å². The van der Waals surface area contributed by atoms with Crippen molar-refractivity contribution in [3.8, 4) is 0 Å². The summed E-state index contributed by atoms with van der Waals surface area (Å²) in [6, 6.07) is 5.33. The summed E-state index contributed by atoms with van der Waals surface area (Å²) in [5, 5.41) is 11.7. The molecular weight excluding hydrogens is 307 g/mol. The van der Waals surface area contributed by atoms with Crippen LogP contribution in [0.1, 0.15) is 15.9 Å². The average molecular weight is 316 g/mol. The number of carbonyl (C=O) groups is 1. The van der Waals surface area contributed by atoms with Crippen molar-refractivity contribution in [3.63, 3.8) is 0 Å². The van der Waals surface area contributed by atoms with Gasteiger partial charge in [0.25, 0.3) is 0 Å². The molecule has 2 aromatic rings. The molecule has 110 valence electrons. The highest BCUT2D eigenvalue weighted by atomic mass is 35.5. The molecule has 0 saturated heterocycles. The maximum Gasteiger partial charge on any atom is 0.337 e. The van der Waals surface area contributed by atoms with Gasteiger partial charge >= 0.3 is 5.97 Å². The Balaban J connectivity index is 2.19. The molecule has 0 spiro atoms. The monoisotopic (exact) mass is 315 g/mol. The second kappa shape index (κ2) is 6.05. The molecule has 21 heavy (non-hydrogen) atoms. The fraction of sp³-hybridized carbons (Fsp3) is 0.0714. The Morgan fingerprint density at radius 1 is 1.10 bits per heavy atom. The molecular formula is C14H9ClF3NO2. The summed E-state index contributed by atoms with van der Waals surface area (Å²) in [6.45, 7) is -0.135. The lowest BCUT2D eigenvalue weighted by atomic mass is 10.1. The van der Waals surface area contributed by atoms with Crippen LogP contribution in [0, 0.1) is 17.5 Å². The van der Waals surface area contributed by atoms with E-state index in [4.69, 9.17) is 16.7 Å². The lowest BCUT2D eigenvalue weighted by molar-refractivity contribution is 0.0697. The SMILES string of the molecule is O=C(O)c1cc(NCc2cc(F)c(F)cc2F)ccc1Cl. The van der Waals surface area contributed by atoms with E-state index in [0.29, 0.717) is 11.8 Å². The van der Waals surface area contributed by atoms with Gasteiger partial charge in [0, 0.05) is 23.9 Å². The van der Waals surface area contributed by atoms with Crippen LogP contribution >= 0.6 is 11.6 Å². The number of nitrogens with one attached hydrogen (secondary N) is 1. The largest absolute Gasteiger partial charge is 0.478 e. The van der Waals surface area contributed by atoms with E-state index in [1.54, 1.807) is 0 Å². The first-order valence-corrected chi connectivity index (χ1v) is 6.16. The molecule has 0 saturated carbocycles. The number of benzene rings is 2. The molecule has 0 heterocycles. The van der Waals surface area contributed by atoms with Gasteiger partial charge < -0.3 is 10.4 Å². The van der Waals surface area contributed by atoms with Gasteiger partial charge in [-0.3, -0.25) is 0 Å². The van der Waals surface area contributed by atoms with E-state index in [0.717, 1.165) is 6.07 Å². The van der Waals surface area contributed by atoms with Crippen molar-refractivity contribution in [2.75, 3.05) is 5.32 Å². The molecule has 0 unspecified atom stereocenters. The fourth-order valence-corrected chi connectivity index (χ4v) is 1.89. The highest BCUT2D eigenvalue weighted by Gasteiger charge is 2.11. The zero-order valence-electron chi connectivity index (χ0n) is 10.5. The summed E-state index contributed by atoms with van der Waals surface area (Å²) in [4.78, 5) is 10.9. The van der Waals surface area contributed by atoms with E-state index in [-0.39, 0.29) is 22.7 Å². The molecule has 3 nitrogen and oxygen atoms in total. The van der Waals surface area contributed by atoms with E-state index in [1.165, 1.54) is 18.2 Å². The number of carboxylic acid groups (broad SMARTS) is 1. The van der Waals surface area contributed by atoms with Crippen LogP contribution in [-0.4, -0.2) is 11.1 Å². The molecule has 2 N–H and O–H groups in total. The summed E-state index contributed by atoms with van der Waals surface area (Å²) in [5.41, 5.74) is 0.161. The third-order valence-corrected chi connectivity index (χ3v) is 3.10. The highest BCUT2D eigenvalue weighted by molar-refractivity contribution is 6.33. The maximum absolute atomic E-state index is 13.4. The van der Waals surface area contributed by atoms with E-state index in [1.807, 2.05) is 0 Å². The molecule has 0 fully saturated rings. The normalized spacial score (nSPS) is 10.5. The van der Waals surface area contributed by atoms with Crippen molar-refractivity contribution >= 4 is 23.3 Å². The van der Waals surface area contributed by atoms with Crippen LogP contribution in [-0.2, 0) is 6.54 Å². The summed E-state index contributed by atoms with van der Waals surface area (Å²) in [5.74, 6) is -4.53. The molecule has 0 aliphatic rings. The van der Waals surface area contributed by atoms with Gasteiger partial charge in [-0.25, -0.2) is 18.0 Å². The number of hydrogen-bond donors (Lipinski definition) is 2. The molecule has 0 aliphatic carbocycles. The lowest BCUT2D eigenvalue weighted by Crippen LogP contribution is -2.05. The molecule has 0 radical (unpaired) electrons. The van der Waals surface area contributed by atoms with Crippen LogP contribution in [0.3, 0.4) is 0 Å². The Morgan fingerprint density at radius 3 is 2.43 bits per heavy atom. The fourth-order valence-electron chi connectivity index (χ4n) is 1.70. The molecule has 2 rings (SSSR count). The molecule has 0 atom stereocenters. The lowest BCUT2D eigenvalue weighted by Gasteiger charge is -2.09. The standard InChI is InChI=1S/C14H9ClF3NO2/c15-10-2-1-8(4-9(10)14(20)21)19-6-7-3-12(17)13(18)5-11(7)16/h1-5,19H,6H2,(H,20,21). The summed E-state index contributed by atoms with van der Waals surface area (Å²) >= 11 is 5.71. The second-order valence-corrected chi connectivity index (χ2v) is 4.62. The van der Waals surface area contributed by atoms with Crippen molar-refractivity contribution in [2.24, 2.45) is 0 Å². The Hall–Kier alpha value is -2.21. The first kappa shape index (κ1) is 15.2. The van der Waals surface area contributed by atoms with Gasteiger partial charge in [0.1, 0.15) is 5.82 Å². The van der Waals surface area contributed by atoms with Crippen LogP contribution in [0.4, 0.5) is 18.9 Å². The van der Waals surface area contributed by atoms with Crippen LogP contribution in [0.15, 0.2) is 30.3 Å². The summed E-state index contributed by atoms with van der Waals surface area (Å²) < 4.78 is 39.3. The molecule has 0 aromatic heterocycles. The molecule has 2 aromatic carbocycles. The first-order valence-electron chi connectivity index (χ1n) is 5.78. The van der Waals surface area contributed by atoms with Gasteiger partial charge in [0.05, 0.1) is 10.6 Å². The zero-order valence-corrected chi connectivity index (χ0v) is 11.2. The molecule has 0 amide bonds. The third kappa shape index (κ3) is 3.46. The summed E-state index contributed by atoms with van der Waals surface area (Å²) in [7, 11) is 0. The van der Waals surface area contributed by atoms with Gasteiger partial charge in [-0.1, -0.05) is 11.6 Å². The second-order valence-electron chi connectivity index (χ2n) is 4.21. The van der Waals surface area contributed by atoms with Gasteiger partial charge in [-0.2, -0.15) is 0 Å². The van der Waals surface area contributed by atoms with E-state index < -0.39 is 23.4 Å². The first-order chi connectivity index (χ1) is 9.88. The van der Waals surface area contributed by atoms with E-state index in [2.05, 4.69) is 5.32 Å². The Labute approximate surface area is 123 Å². The minimum atomic E-state index is -1.27. The number of aromatic carboxylic acids is 1. The Kier molecular flexibility index (Phi) is 4.37. The number of anilines is 1. The average Bonchev–Trinajstić information content (AvgIpc) is 2.42. The zero-order chi connectivity index (χ0) is 15.6. The number of rotatable bonds is 4. The minimum Gasteiger partial charge on any atom is -0.478 e. The van der Waals surface area contributed by atoms with Crippen molar-refractivity contribution in [3.05, 3.63) is 63.9 Å². The number of halogens is 4. The van der Waals surface area contributed by atoms with Crippen molar-refractivity contribution in [2.45, 2.75) is 6.54 Å². The number of hydrogen-bond acceptors (Lipinski definition) is 2. The molecule has 7 heteroatoms. The van der Waals surface area contributed by atoms with Gasteiger partial charge in [0.15, 0.2) is 11.6 Å². The third-order valence-electron chi connectivity index (χ3n) is 2.77. The van der Waals surface area contributed by atoms with E-state index >= 15 is 0 Å². The van der Waals surface area contributed by atoms with E-state index in [9.17, 15) is 18.0 Å². The number of carboxylic acids is 1. The Morgan fingerprint density at radius 2 is 1.76 bits per heavy atom. The molecule has 0 bridgehead atoms. The van der Waals surface area contributed by atoms with Gasteiger partial charge in [0.2, 0.25) is 0 Å². The predicted octanol–water partition coefficient (Wildman–Crippen LogP) is 4.07. The van der Waals surface area contributed by atoms with Crippen LogP contribution in [0.5, 0.6) is 0 Å². The van der Waals surface area contributed by atoms with Gasteiger partial charge in [-0.15, -0.1) is 0 Å². The molecule has 0 aliphatic heterocycles. The van der Waals surface area contributed by atoms with Crippen LogP contribution in [0.25, 0.3) is 0 Å². The van der Waals surface area contributed by atoms with Crippen molar-refractivity contribution in [1.29, 1.82) is 0 Å². The predicted molar refractivity (Wildman–Crippen MR) is 72.1 cm³/mol. The minimum absolute atomic E-state index is 0.0621. The van der Waals surface area contributed by atoms with Crippen LogP contribution in [0.2, 0.25) is 5.02 Å². The van der Waals surface area contributed by atoms with Crippen molar-refractivity contribution in [1.82, 2.24) is 0 Å². The van der Waals surface area contributed by atoms with Crippen LogP contribution < -0.4 is 5.32 Å². The smallest absolute Gasteiger partial charge is 0.337 e. The maximum atomic E-state index is 13.4. The highest BCUT2D eigenvalue weighted by Crippen LogP contribution is 2.22. The summed E-state index contributed by atoms with van der Waals surface area (Å²) in [6.07, 6.45) is 0. The Bertz CT molecular complexity index is 707. The van der Waals surface area contributed by atoms with Gasteiger partial charge in [-0.05, 0) is 24.3 Å². The topological polar surface area (TPSA) is 49.3 Å².